The summed E-state index contributed by atoms with van der Waals surface area (Å²) in [6.45, 7) is 1.37. The Morgan fingerprint density at radius 1 is 1.50 bits per heavy atom. The lowest BCUT2D eigenvalue weighted by Crippen LogP contribution is -2.39. The van der Waals surface area contributed by atoms with Gasteiger partial charge in [0.25, 0.3) is 0 Å². The van der Waals surface area contributed by atoms with E-state index in [1.54, 1.807) is 0 Å². The fourth-order valence-electron chi connectivity index (χ4n) is 0.735. The number of carboxylic acids is 1. The molecule has 0 saturated heterocycles. The van der Waals surface area contributed by atoms with Crippen molar-refractivity contribution in [2.45, 2.75) is 13.0 Å². The molecular weight excluding hydrogens is 190 g/mol. The third kappa shape index (κ3) is 4.78. The molecule has 0 rings (SSSR count). The molecule has 14 heavy (non-hydrogen) atoms. The summed E-state index contributed by atoms with van der Waals surface area (Å²) >= 11 is 0. The van der Waals surface area contributed by atoms with Crippen molar-refractivity contribution in [3.8, 4) is 0 Å². The molecule has 0 aliphatic heterocycles. The molecule has 82 valence electrons. The molecule has 0 aliphatic carbocycles. The summed E-state index contributed by atoms with van der Waals surface area (Å²) in [4.78, 5) is 21.4. The molecule has 0 spiro atoms. The number of rotatable bonds is 6. The van der Waals surface area contributed by atoms with Crippen molar-refractivity contribution in [1.82, 2.24) is 5.32 Å². The molecule has 0 heterocycles. The van der Waals surface area contributed by atoms with E-state index in [2.05, 4.69) is 10.1 Å². The molecule has 0 saturated carbocycles. The molecule has 0 aromatic carbocycles. The molecule has 6 nitrogen and oxygen atoms in total. The van der Waals surface area contributed by atoms with Crippen LogP contribution in [0.2, 0.25) is 0 Å². The first-order valence-corrected chi connectivity index (χ1v) is 4.16. The monoisotopic (exact) mass is 205 g/mol. The van der Waals surface area contributed by atoms with Gasteiger partial charge >= 0.3 is 5.97 Å². The average molecular weight is 205 g/mol. The van der Waals surface area contributed by atoms with Crippen LogP contribution in [0.3, 0.4) is 0 Å². The minimum absolute atomic E-state index is 0.00963. The highest BCUT2D eigenvalue weighted by Crippen LogP contribution is 1.94. The smallest absolute Gasteiger partial charge is 0.315 e. The highest BCUT2D eigenvalue weighted by atomic mass is 16.5. The highest BCUT2D eigenvalue weighted by molar-refractivity contribution is 5.96. The number of aliphatic hydroxyl groups is 1. The largest absolute Gasteiger partial charge is 0.481 e. The molecule has 0 aliphatic rings. The SMILES string of the molecule is COCC(O)CNC(=O)C(C)C(=O)O. The zero-order valence-corrected chi connectivity index (χ0v) is 8.19. The van der Waals surface area contributed by atoms with Gasteiger partial charge in [0.1, 0.15) is 5.92 Å². The van der Waals surface area contributed by atoms with Gasteiger partial charge in [0.15, 0.2) is 0 Å². The number of amides is 1. The summed E-state index contributed by atoms with van der Waals surface area (Å²) in [7, 11) is 1.42. The van der Waals surface area contributed by atoms with E-state index in [1.165, 1.54) is 14.0 Å². The van der Waals surface area contributed by atoms with Crippen LogP contribution in [-0.2, 0) is 14.3 Å². The Labute approximate surface area is 81.9 Å². The third-order valence-corrected chi connectivity index (χ3v) is 1.63. The number of aliphatic hydroxyl groups excluding tert-OH is 1. The first kappa shape index (κ1) is 12.9. The van der Waals surface area contributed by atoms with Gasteiger partial charge in [-0.2, -0.15) is 0 Å². The van der Waals surface area contributed by atoms with Crippen LogP contribution >= 0.6 is 0 Å². The molecule has 2 unspecified atom stereocenters. The minimum Gasteiger partial charge on any atom is -0.481 e. The topological polar surface area (TPSA) is 95.9 Å². The summed E-state index contributed by atoms with van der Waals surface area (Å²) in [6, 6.07) is 0. The summed E-state index contributed by atoms with van der Waals surface area (Å²) in [5.74, 6) is -2.92. The minimum atomic E-state index is -1.19. The van der Waals surface area contributed by atoms with Crippen molar-refractivity contribution in [2.75, 3.05) is 20.3 Å². The van der Waals surface area contributed by atoms with E-state index in [0.29, 0.717) is 0 Å². The number of carbonyl (C=O) groups excluding carboxylic acids is 1. The van der Waals surface area contributed by atoms with Crippen molar-refractivity contribution in [1.29, 1.82) is 0 Å². The molecule has 0 aromatic heterocycles. The van der Waals surface area contributed by atoms with E-state index < -0.39 is 23.9 Å². The van der Waals surface area contributed by atoms with E-state index in [0.717, 1.165) is 0 Å². The standard InChI is InChI=1S/C8H15NO5/c1-5(8(12)13)7(11)9-3-6(10)4-14-2/h5-6,10H,3-4H2,1-2H3,(H,9,11)(H,12,13). The normalized spacial score (nSPS) is 14.5. The number of hydrogen-bond donors (Lipinski definition) is 3. The molecule has 0 aromatic rings. The van der Waals surface area contributed by atoms with Crippen molar-refractivity contribution in [3.05, 3.63) is 0 Å². The number of methoxy groups -OCH3 is 1. The average Bonchev–Trinajstić information content (AvgIpc) is 2.13. The van der Waals surface area contributed by atoms with Crippen molar-refractivity contribution in [3.63, 3.8) is 0 Å². The number of nitrogens with one attached hydrogen (secondary N) is 1. The maximum atomic E-state index is 11.0. The Morgan fingerprint density at radius 2 is 2.07 bits per heavy atom. The van der Waals surface area contributed by atoms with Crippen molar-refractivity contribution < 1.29 is 24.5 Å². The molecule has 0 bridgehead atoms. The lowest BCUT2D eigenvalue weighted by molar-refractivity contribution is -0.146. The summed E-state index contributed by atoms with van der Waals surface area (Å²) in [5, 5.41) is 19.9. The fourth-order valence-corrected chi connectivity index (χ4v) is 0.735. The summed E-state index contributed by atoms with van der Waals surface area (Å²) in [5.41, 5.74) is 0. The quantitative estimate of drug-likeness (QED) is 0.475. The van der Waals surface area contributed by atoms with Crippen LogP contribution in [0, 0.1) is 5.92 Å². The van der Waals surface area contributed by atoms with Gasteiger partial charge in [-0.25, -0.2) is 0 Å². The number of carbonyl (C=O) groups is 2. The Balaban J connectivity index is 3.79. The molecule has 0 fully saturated rings. The lowest BCUT2D eigenvalue weighted by Gasteiger charge is -2.12. The maximum absolute atomic E-state index is 11.0. The molecule has 6 heteroatoms. The van der Waals surface area contributed by atoms with E-state index >= 15 is 0 Å². The second kappa shape index (κ2) is 6.33. The van der Waals surface area contributed by atoms with Crippen LogP contribution in [0.4, 0.5) is 0 Å². The van der Waals surface area contributed by atoms with Crippen LogP contribution in [0.25, 0.3) is 0 Å². The Hall–Kier alpha value is -1.14. The van der Waals surface area contributed by atoms with E-state index in [-0.39, 0.29) is 13.2 Å². The van der Waals surface area contributed by atoms with E-state index in [4.69, 9.17) is 10.2 Å². The van der Waals surface area contributed by atoms with Gasteiger partial charge < -0.3 is 20.3 Å². The summed E-state index contributed by atoms with van der Waals surface area (Å²) < 4.78 is 4.63. The number of hydrogen-bond acceptors (Lipinski definition) is 4. The van der Waals surface area contributed by atoms with Crippen LogP contribution in [0.15, 0.2) is 0 Å². The van der Waals surface area contributed by atoms with Gasteiger partial charge in [-0.05, 0) is 6.92 Å². The molecular formula is C8H15NO5. The Kier molecular flexibility index (Phi) is 5.82. The van der Waals surface area contributed by atoms with Gasteiger partial charge in [-0.15, -0.1) is 0 Å². The van der Waals surface area contributed by atoms with Crippen LogP contribution in [0.1, 0.15) is 6.92 Å². The predicted molar refractivity (Wildman–Crippen MR) is 47.7 cm³/mol. The second-order valence-corrected chi connectivity index (χ2v) is 2.91. The number of carboxylic acid groups (broad SMARTS) is 1. The third-order valence-electron chi connectivity index (χ3n) is 1.63. The fraction of sp³-hybridized carbons (Fsp3) is 0.750. The highest BCUT2D eigenvalue weighted by Gasteiger charge is 2.20. The van der Waals surface area contributed by atoms with Crippen LogP contribution < -0.4 is 5.32 Å². The van der Waals surface area contributed by atoms with Gasteiger partial charge in [-0.1, -0.05) is 0 Å². The lowest BCUT2D eigenvalue weighted by atomic mass is 10.1. The van der Waals surface area contributed by atoms with Crippen LogP contribution in [0.5, 0.6) is 0 Å². The van der Waals surface area contributed by atoms with Crippen LogP contribution in [-0.4, -0.2) is 48.5 Å². The first-order valence-electron chi connectivity index (χ1n) is 4.16. The zero-order valence-electron chi connectivity index (χ0n) is 8.19. The van der Waals surface area contributed by atoms with Gasteiger partial charge in [-0.3, -0.25) is 9.59 Å². The maximum Gasteiger partial charge on any atom is 0.315 e. The predicted octanol–water partition coefficient (Wildman–Crippen LogP) is -1.17. The number of aliphatic carboxylic acids is 1. The Morgan fingerprint density at radius 3 is 2.50 bits per heavy atom. The summed E-state index contributed by atoms with van der Waals surface area (Å²) in [6.07, 6.45) is -0.815. The van der Waals surface area contributed by atoms with E-state index in [1.807, 2.05) is 0 Å². The van der Waals surface area contributed by atoms with Gasteiger partial charge in [0, 0.05) is 13.7 Å². The zero-order chi connectivity index (χ0) is 11.1. The molecule has 0 radical (unpaired) electrons. The van der Waals surface area contributed by atoms with Gasteiger partial charge in [0.05, 0.1) is 12.7 Å². The molecule has 2 atom stereocenters. The molecule has 3 N–H and O–H groups in total. The van der Waals surface area contributed by atoms with E-state index in [9.17, 15) is 9.59 Å². The van der Waals surface area contributed by atoms with Crippen molar-refractivity contribution >= 4 is 11.9 Å². The number of ether oxygens (including phenoxy) is 1. The van der Waals surface area contributed by atoms with Gasteiger partial charge in [0.2, 0.25) is 5.91 Å². The second-order valence-electron chi connectivity index (χ2n) is 2.91. The first-order chi connectivity index (χ1) is 6.49. The molecule has 1 amide bonds. The Bertz CT molecular complexity index is 206. The van der Waals surface area contributed by atoms with Crippen molar-refractivity contribution in [2.24, 2.45) is 5.92 Å².